The van der Waals surface area contributed by atoms with Crippen LogP contribution in [0.5, 0.6) is 0 Å². The zero-order chi connectivity index (χ0) is 5.70. The normalized spacial score (nSPS) is 11.2. The highest BCUT2D eigenvalue weighted by Gasteiger charge is 1.84. The Morgan fingerprint density at radius 3 is 3.17 bits per heavy atom. The number of carbonyl (C=O) groups excluding carboxylic acids is 1. The molecule has 0 aromatic carbocycles. The lowest BCUT2D eigenvalue weighted by Gasteiger charge is -1.81. The van der Waals surface area contributed by atoms with Gasteiger partial charge in [0, 0.05) is 0 Å². The Morgan fingerprint density at radius 1 is 2.33 bits per heavy atom. The maximum Gasteiger partial charge on any atom is 0.348 e. The average molecular weight is 89.1 g/mol. The number of rotatable bonds is 1. The van der Waals surface area contributed by atoms with Crippen molar-refractivity contribution in [2.45, 2.75) is 0 Å². The number of carbonyl (C=O) groups is 1. The summed E-state index contributed by atoms with van der Waals surface area (Å²) in [5.41, 5.74) is 0. The van der Waals surface area contributed by atoms with Gasteiger partial charge in [-0.2, -0.15) is 0 Å². The number of nitrogens with one attached hydrogen (secondary N) is 1. The van der Waals surface area contributed by atoms with Gasteiger partial charge in [-0.15, -0.1) is 0 Å². The number of hydrogen-bond acceptors (Lipinski definition) is 3. The van der Waals surface area contributed by atoms with Crippen LogP contribution < -0.4 is 0 Å². The van der Waals surface area contributed by atoms with Crippen molar-refractivity contribution in [2.75, 3.05) is 7.11 Å². The minimum atomic E-state index is -0.602. The maximum atomic E-state index is 9.92. The Labute approximate surface area is 36.9 Å². The predicted molar refractivity (Wildman–Crippen MR) is 20.8 cm³/mol. The smallest absolute Gasteiger partial charge is 0.348 e. The van der Waals surface area contributed by atoms with E-state index in [1.54, 1.807) is 0 Å². The van der Waals surface area contributed by atoms with Crippen molar-refractivity contribution >= 4 is 12.2 Å². The summed E-state index contributed by atoms with van der Waals surface area (Å²) >= 11 is 0. The third-order valence-electron chi connectivity index (χ3n) is 0.307. The number of hydrogen-bond donors (Lipinski definition) is 1. The molecular formula is C3H5NO2. The minimum Gasteiger partial charge on any atom is -0.465 e. The molecule has 0 aromatic heterocycles. The molecule has 6 heavy (non-hydrogen) atoms. The van der Waals surface area contributed by atoms with Gasteiger partial charge in [0.1, 0.15) is 6.21 Å². The van der Waals surface area contributed by atoms with Gasteiger partial charge in [-0.05, 0) is 0 Å². The van der Waals surface area contributed by atoms with Crippen molar-refractivity contribution < 1.29 is 10.9 Å². The van der Waals surface area contributed by atoms with Crippen molar-refractivity contribution in [3.8, 4) is 0 Å². The summed E-state index contributed by atoms with van der Waals surface area (Å²) in [5, 5.41) is 2.66. The van der Waals surface area contributed by atoms with Gasteiger partial charge in [-0.1, -0.05) is 0 Å². The summed E-state index contributed by atoms with van der Waals surface area (Å²) in [6.45, 7) is 0. The summed E-state index contributed by atoms with van der Waals surface area (Å²) in [7, 11) is 1.23. The van der Waals surface area contributed by atoms with E-state index in [1.807, 2.05) is 0 Å². The molecule has 3 heteroatoms. The highest BCUT2D eigenvalue weighted by Crippen LogP contribution is 1.58. The summed E-state index contributed by atoms with van der Waals surface area (Å²) in [6, 6.07) is 0. The molecule has 1 N–H and O–H groups in total. The van der Waals surface area contributed by atoms with Gasteiger partial charge in [0.2, 0.25) is 0 Å². The second kappa shape index (κ2) is 2.38. The molecule has 0 radical (unpaired) electrons. The molecule has 0 heterocycles. The van der Waals surface area contributed by atoms with Crippen LogP contribution >= 0.6 is 0 Å². The Balaban J connectivity index is 3.37. The molecule has 0 saturated heterocycles. The van der Waals surface area contributed by atoms with E-state index in [1.165, 1.54) is 7.11 Å². The predicted octanol–water partition coefficient (Wildman–Crippen LogP) is -0.191. The summed E-state index contributed by atoms with van der Waals surface area (Å²) in [5.74, 6) is -0.602. The largest absolute Gasteiger partial charge is 0.465 e. The van der Waals surface area contributed by atoms with Crippen molar-refractivity contribution in [2.24, 2.45) is 0 Å². The first-order valence-corrected chi connectivity index (χ1v) is 1.36. The molecule has 0 rings (SSSR count). The third kappa shape index (κ3) is 1.46. The molecule has 0 aromatic rings. The van der Waals surface area contributed by atoms with Crippen LogP contribution in [0.2, 0.25) is 1.41 Å². The monoisotopic (exact) mass is 89.0 g/mol. The first-order valence-electron chi connectivity index (χ1n) is 1.81. The van der Waals surface area contributed by atoms with Crippen LogP contribution in [0.15, 0.2) is 0 Å². The highest BCUT2D eigenvalue weighted by molar-refractivity contribution is 6.21. The average Bonchev–Trinajstić information content (AvgIpc) is 1.68. The van der Waals surface area contributed by atoms with Gasteiger partial charge in [0.25, 0.3) is 0 Å². The van der Waals surface area contributed by atoms with Crippen LogP contribution in [0.1, 0.15) is 0 Å². The summed E-state index contributed by atoms with van der Waals surface area (Å²) in [4.78, 5) is 9.92. The molecule has 0 aliphatic carbocycles. The van der Waals surface area contributed by atoms with Crippen molar-refractivity contribution in [3.05, 3.63) is 0 Å². The molecule has 0 aliphatic heterocycles. The van der Waals surface area contributed by atoms with E-state index in [-0.39, 0.29) is 0 Å². The van der Waals surface area contributed by atoms with Crippen LogP contribution in [0.3, 0.4) is 0 Å². The van der Waals surface area contributed by atoms with Gasteiger partial charge >= 0.3 is 5.97 Å². The van der Waals surface area contributed by atoms with Gasteiger partial charge < -0.3 is 10.1 Å². The standard InChI is InChI=1S/C3H5NO2/c1-6-3(5)2-4/h2,4H,1H3/b4-2+/i/hT. The lowest BCUT2D eigenvalue weighted by Crippen LogP contribution is -1.98. The summed E-state index contributed by atoms with van der Waals surface area (Å²) in [6.07, 6.45) is 0.778. The molecule has 0 amide bonds. The zero-order valence-electron chi connectivity index (χ0n) is 4.34. The Hall–Kier alpha value is -0.860. The fourth-order valence-corrected chi connectivity index (χ4v) is 0.0527. The Morgan fingerprint density at radius 2 is 3.00 bits per heavy atom. The topological polar surface area (TPSA) is 50.2 Å². The molecule has 0 aliphatic rings. The quantitative estimate of drug-likeness (QED) is 0.357. The van der Waals surface area contributed by atoms with Crippen LogP contribution in [0.25, 0.3) is 0 Å². The SMILES string of the molecule is [3H]/N=C/C(=O)OC. The third-order valence-corrected chi connectivity index (χ3v) is 0.307. The maximum absolute atomic E-state index is 9.92. The lowest BCUT2D eigenvalue weighted by atomic mass is 10.8. The Bertz CT molecular complexity index is 90.9. The molecule has 0 spiro atoms. The van der Waals surface area contributed by atoms with Crippen LogP contribution in [0, 0.1) is 5.40 Å². The van der Waals surface area contributed by atoms with E-state index in [2.05, 4.69) is 10.1 Å². The molecule has 34 valence electrons. The lowest BCUT2D eigenvalue weighted by molar-refractivity contribution is -0.132. The van der Waals surface area contributed by atoms with Crippen molar-refractivity contribution in [1.82, 2.24) is 0 Å². The Kier molecular flexibility index (Phi) is 1.32. The minimum absolute atomic E-state index is 0.602. The van der Waals surface area contributed by atoms with Gasteiger partial charge in [-0.3, -0.25) is 0 Å². The van der Waals surface area contributed by atoms with E-state index < -0.39 is 5.97 Å². The van der Waals surface area contributed by atoms with E-state index >= 15 is 0 Å². The molecular weight excluding hydrogens is 82.0 g/mol. The zero-order valence-corrected chi connectivity index (χ0v) is 3.34. The second-order valence-electron chi connectivity index (χ2n) is 0.652. The number of esters is 1. The van der Waals surface area contributed by atoms with Gasteiger partial charge in [-0.25, -0.2) is 4.79 Å². The van der Waals surface area contributed by atoms with E-state index in [9.17, 15) is 4.79 Å². The van der Waals surface area contributed by atoms with Crippen LogP contribution in [-0.4, -0.2) is 19.3 Å². The van der Waals surface area contributed by atoms with Gasteiger partial charge in [0.05, 0.1) is 7.11 Å². The van der Waals surface area contributed by atoms with Crippen LogP contribution in [-0.2, 0) is 9.53 Å². The molecule has 0 atom stereocenters. The first-order chi connectivity index (χ1) is 3.31. The van der Waals surface area contributed by atoms with Crippen molar-refractivity contribution in [3.63, 3.8) is 0 Å². The fourth-order valence-electron chi connectivity index (χ4n) is 0.0527. The second-order valence-corrected chi connectivity index (χ2v) is 0.652. The number of methoxy groups -OCH3 is 1. The molecule has 0 bridgehead atoms. The van der Waals surface area contributed by atoms with Crippen molar-refractivity contribution in [1.29, 1.82) is 5.40 Å². The van der Waals surface area contributed by atoms with Crippen LogP contribution in [0.4, 0.5) is 0 Å². The molecule has 3 nitrogen and oxygen atoms in total. The molecule has 0 unspecified atom stereocenters. The summed E-state index contributed by atoms with van der Waals surface area (Å²) < 4.78 is 10.2. The van der Waals surface area contributed by atoms with E-state index in [0.29, 0.717) is 0 Å². The number of ether oxygens (including phenoxy) is 1. The van der Waals surface area contributed by atoms with E-state index in [4.69, 9.17) is 1.41 Å². The molecule has 0 saturated carbocycles. The van der Waals surface area contributed by atoms with E-state index in [0.717, 1.165) is 6.21 Å². The highest BCUT2D eigenvalue weighted by atomic mass is 16.5. The molecule has 0 fully saturated rings. The fraction of sp³-hybridized carbons (Fsp3) is 0.333. The van der Waals surface area contributed by atoms with Gasteiger partial charge in [0.15, 0.2) is 1.41 Å². The first kappa shape index (κ1) is 3.33.